The Morgan fingerprint density at radius 2 is 0.907 bits per heavy atom. The molecule has 22 nitrogen and oxygen atoms in total. The lowest BCUT2D eigenvalue weighted by atomic mass is 9.96. The van der Waals surface area contributed by atoms with Crippen LogP contribution in [0.15, 0.2) is 189 Å². The lowest BCUT2D eigenvalue weighted by Gasteiger charge is -2.23. The molecule has 118 heavy (non-hydrogen) atoms. The molecule has 0 bridgehead atoms. The van der Waals surface area contributed by atoms with Crippen molar-refractivity contribution in [1.82, 2.24) is 47.8 Å². The summed E-state index contributed by atoms with van der Waals surface area (Å²) in [4.78, 5) is 125. The van der Waals surface area contributed by atoms with Crippen molar-refractivity contribution in [3.63, 3.8) is 0 Å². The van der Waals surface area contributed by atoms with Crippen LogP contribution in [0.25, 0.3) is 44.3 Å². The predicted molar refractivity (Wildman–Crippen MR) is 465 cm³/mol. The van der Waals surface area contributed by atoms with Crippen LogP contribution in [0.4, 0.5) is 17.6 Å². The summed E-state index contributed by atoms with van der Waals surface area (Å²) in [6.07, 6.45) is 5.92. The van der Waals surface area contributed by atoms with Crippen molar-refractivity contribution in [1.29, 1.82) is 0 Å². The summed E-state index contributed by atoms with van der Waals surface area (Å²) in [7, 11) is 0.917. The number of Topliss-reactive ketones (excluding diaryl/α,β-unsaturated/α-hetero) is 5. The Labute approximate surface area is 723 Å². The number of nitrogens with one attached hydrogen (secondary N) is 1. The number of hydrogen-bond acceptors (Lipinski definition) is 20. The lowest BCUT2D eigenvalue weighted by Crippen LogP contribution is -2.42. The van der Waals surface area contributed by atoms with Gasteiger partial charge in [-0.25, -0.2) is 37.5 Å². The Morgan fingerprint density at radius 3 is 1.32 bits per heavy atom. The highest BCUT2D eigenvalue weighted by Crippen LogP contribution is 2.34. The number of halogens is 7. The minimum atomic E-state index is -1.38. The summed E-state index contributed by atoms with van der Waals surface area (Å²) < 4.78 is 74.5. The van der Waals surface area contributed by atoms with Crippen molar-refractivity contribution in [3.8, 4) is 22.3 Å². The van der Waals surface area contributed by atoms with Gasteiger partial charge in [-0.15, -0.1) is 12.4 Å². The normalized spacial score (nSPS) is 14.1. The zero-order valence-electron chi connectivity index (χ0n) is 63.4. The average molecular weight is 1790 g/mol. The number of carboxylic acids is 1. The minimum absolute atomic E-state index is 0. The summed E-state index contributed by atoms with van der Waals surface area (Å²) >= 11 is 27.9. The van der Waals surface area contributed by atoms with Gasteiger partial charge in [0, 0.05) is 164 Å². The molecule has 622 valence electrons. The van der Waals surface area contributed by atoms with Gasteiger partial charge in [0.2, 0.25) is 5.91 Å². The molecular weight excluding hydrogens is 1700 g/mol. The first-order valence-electron chi connectivity index (χ1n) is 35.6. The topological polar surface area (TPSA) is 277 Å². The van der Waals surface area contributed by atoms with Crippen LogP contribution in [0.2, 0.25) is 10.0 Å². The van der Waals surface area contributed by atoms with E-state index in [2.05, 4.69) is 70.0 Å². The molecule has 2 aliphatic heterocycles. The SMILES string of the molecule is C.CC(=O)c1nc(CC(=O)N2C[C@H](F)C[C@H]2C(=O)Cc2cccc(-c3ccccc3Cl)c2F)n2ccccc12.CC(=O)c1nc(CC(=O)O)n2ccccc12.CCOC(=O)Cc1nc(C(C)=O)c2ccccn12.CCOC(=O)Cc1ncc2ccccn12.Cl.O=C(Cc1cccc(-c2ccccc2Cl)c1F)[C@@H]1C[C@@H](F)CN1.S.S=S.S=S=S. The van der Waals surface area contributed by atoms with Crippen molar-refractivity contribution in [3.05, 3.63) is 262 Å². The second-order valence-corrected chi connectivity index (χ2v) is 28.2. The van der Waals surface area contributed by atoms with Gasteiger partial charge in [0.05, 0.1) is 66.5 Å². The number of aromatic nitrogens is 8. The fraction of sp³-hybridized carbons (Fsp3) is 0.265. The van der Waals surface area contributed by atoms with Gasteiger partial charge >= 0.3 is 17.9 Å². The van der Waals surface area contributed by atoms with Crippen LogP contribution < -0.4 is 5.32 Å². The van der Waals surface area contributed by atoms with Crippen LogP contribution in [0.1, 0.15) is 121 Å². The molecule has 2 fully saturated rings. The molecule has 12 aromatic rings. The van der Waals surface area contributed by atoms with E-state index in [9.17, 15) is 56.3 Å². The van der Waals surface area contributed by atoms with Gasteiger partial charge < -0.3 is 42.4 Å². The van der Waals surface area contributed by atoms with E-state index in [0.29, 0.717) is 96.7 Å². The van der Waals surface area contributed by atoms with Gasteiger partial charge in [0.25, 0.3) is 0 Å². The number of esters is 2. The number of benzene rings is 4. The number of likely N-dealkylation sites (tertiary alicyclic amines) is 1. The van der Waals surface area contributed by atoms with Gasteiger partial charge in [-0.3, -0.25) is 43.2 Å². The van der Waals surface area contributed by atoms with E-state index in [-0.39, 0.29) is 150 Å². The number of ketones is 5. The number of hydrogen-bond donors (Lipinski definition) is 2. The second-order valence-electron chi connectivity index (χ2n) is 25.6. The fourth-order valence-corrected chi connectivity index (χ4v) is 13.2. The van der Waals surface area contributed by atoms with Gasteiger partial charge in [-0.1, -0.05) is 128 Å². The van der Waals surface area contributed by atoms with E-state index in [0.717, 1.165) is 14.4 Å². The molecule has 0 saturated carbocycles. The first-order valence-corrected chi connectivity index (χ1v) is 40.3. The van der Waals surface area contributed by atoms with Gasteiger partial charge in [0.1, 0.15) is 83.6 Å². The van der Waals surface area contributed by atoms with Crippen molar-refractivity contribution in [2.24, 2.45) is 0 Å². The molecule has 2 N–H and O–H groups in total. The molecule has 0 radical (unpaired) electrons. The molecular formula is C83H83Cl3F4N10O12S6. The minimum Gasteiger partial charge on any atom is -0.481 e. The van der Waals surface area contributed by atoms with Crippen molar-refractivity contribution in [2.45, 2.75) is 118 Å². The molecule has 14 rings (SSSR count). The Bertz CT molecular complexity index is 5600. The predicted octanol–water partition coefficient (Wildman–Crippen LogP) is 14.7. The zero-order chi connectivity index (χ0) is 83.6. The number of aliphatic carboxylic acids is 1. The third kappa shape index (κ3) is 25.9. The van der Waals surface area contributed by atoms with Crippen LogP contribution in [0.5, 0.6) is 0 Å². The maximum atomic E-state index is 15.4. The summed E-state index contributed by atoms with van der Waals surface area (Å²) in [5, 5.41) is 12.4. The maximum Gasteiger partial charge on any atom is 0.313 e. The quantitative estimate of drug-likeness (QED) is 0.0384. The zero-order valence-corrected chi connectivity index (χ0v) is 70.8. The monoisotopic (exact) mass is 1780 g/mol. The maximum absolute atomic E-state index is 15.4. The van der Waals surface area contributed by atoms with Crippen molar-refractivity contribution < 1.29 is 75.3 Å². The van der Waals surface area contributed by atoms with Crippen LogP contribution in [0.3, 0.4) is 0 Å². The molecule has 2 aliphatic rings. The number of alkyl halides is 2. The fourth-order valence-electron chi connectivity index (χ4n) is 12.8. The van der Waals surface area contributed by atoms with Gasteiger partial charge in [0.15, 0.2) is 28.9 Å². The molecule has 35 heteroatoms. The molecule has 8 aromatic heterocycles. The number of imidazole rings is 4. The molecule has 2 saturated heterocycles. The van der Waals surface area contributed by atoms with Crippen LogP contribution in [-0.4, -0.2) is 151 Å². The lowest BCUT2D eigenvalue weighted by molar-refractivity contribution is -0.143. The molecule has 4 aromatic carbocycles. The number of pyridine rings is 4. The third-order valence-corrected chi connectivity index (χ3v) is 18.5. The highest BCUT2D eigenvalue weighted by Gasteiger charge is 2.40. The summed E-state index contributed by atoms with van der Waals surface area (Å²) in [6.45, 7) is 8.50. The molecule has 1 amide bonds. The van der Waals surface area contributed by atoms with E-state index in [1.165, 1.54) is 31.7 Å². The number of fused-ring (bicyclic) bond motifs is 4. The Morgan fingerprint density at radius 1 is 0.517 bits per heavy atom. The molecule has 4 atom stereocenters. The van der Waals surface area contributed by atoms with E-state index in [1.807, 2.05) is 40.9 Å². The van der Waals surface area contributed by atoms with Crippen LogP contribution in [-0.2, 0) is 130 Å². The Hall–Kier alpha value is -10.1. The number of carbonyl (C=O) groups is 9. The van der Waals surface area contributed by atoms with E-state index < -0.39 is 53.7 Å². The summed E-state index contributed by atoms with van der Waals surface area (Å²) in [6, 6.07) is 43.7. The second kappa shape index (κ2) is 48.1. The number of carbonyl (C=O) groups excluding carboxylic acids is 8. The van der Waals surface area contributed by atoms with Gasteiger partial charge in [-0.2, -0.15) is 13.5 Å². The Kier molecular flexibility index (Phi) is 40.1. The first kappa shape index (κ1) is 98.4. The number of ether oxygens (including phenoxy) is 2. The van der Waals surface area contributed by atoms with Gasteiger partial charge in [-0.05, 0) is 85.6 Å². The number of carboxylic acid groups (broad SMARTS) is 1. The molecule has 10 heterocycles. The first-order chi connectivity index (χ1) is 55.2. The molecule has 0 spiro atoms. The molecule has 0 aliphatic carbocycles. The van der Waals surface area contributed by atoms with Crippen molar-refractivity contribution >= 4 is 178 Å². The standard InChI is InChI=1S/C29H24ClF2N3O3.C18H16ClF2NO.C13H14N2O3.C11H10N2O3.C11H12N2O2.CH4.ClH.S3.S2.H2S/c1-17(36)29-23-11-4-5-12-34(23)26(33-29)15-27(38)35-16-19(31)14-24(35)25(37)13-18-7-6-9-21(28(18)32)20-8-2-3-10-22(20)30;19-15-7-2-1-5-13(15)14-6-3-4-11(18(14)21)8-17(23)16-9-12(20)10-22-16;1-3-18-12(17)8-11-14-13(9(2)16)10-6-4-5-7-15(10)11;1-7(14)11-8-4-2-3-5-13(8)9(12-11)6-10(15)16;1-2-15-11(14)7-10-12-8-9-5-3-4-6-13(9)10;;;1-3-2;1-2;/h2-12,19,24H,13-16H2,1H3;1-7,12,16,22H,8-10H2;4-7H,3,8H2,1-2H3;2-5H,6H2,1H3,(H,15,16);3-6,8H,2,7H2,1H3;1H4;1H;;;1H2/t19-,24+;12-,16+;;;;;;;;/m11......../s1. The molecule has 0 unspecified atom stereocenters. The third-order valence-electron chi connectivity index (χ3n) is 17.8. The largest absolute Gasteiger partial charge is 0.481 e. The van der Waals surface area contributed by atoms with Crippen LogP contribution >= 0.6 is 49.1 Å². The number of rotatable bonds is 21. The van der Waals surface area contributed by atoms with Crippen LogP contribution in [0, 0.1) is 11.6 Å². The summed E-state index contributed by atoms with van der Waals surface area (Å²) in [5.41, 5.74) is 6.00. The average Bonchev–Trinajstić information content (AvgIpc) is 1.58. The highest BCUT2D eigenvalue weighted by atomic mass is 35.5. The summed E-state index contributed by atoms with van der Waals surface area (Å²) in [5.74, 6) is -2.32. The highest BCUT2D eigenvalue weighted by molar-refractivity contribution is 8.37. The number of amides is 1. The van der Waals surface area contributed by atoms with Crippen molar-refractivity contribution in [2.75, 3.05) is 26.3 Å². The van der Waals surface area contributed by atoms with E-state index >= 15 is 4.39 Å². The Balaban J connectivity index is 0.000000270. The smallest absolute Gasteiger partial charge is 0.313 e. The van der Waals surface area contributed by atoms with E-state index in [4.69, 9.17) is 37.8 Å². The number of nitrogens with zero attached hydrogens (tertiary/aromatic N) is 9. The van der Waals surface area contributed by atoms with E-state index in [1.54, 1.807) is 173 Å².